The summed E-state index contributed by atoms with van der Waals surface area (Å²) in [6.07, 6.45) is 0.348. The zero-order chi connectivity index (χ0) is 15.4. The molecule has 0 aliphatic heterocycles. The van der Waals surface area contributed by atoms with Gasteiger partial charge in [0.2, 0.25) is 0 Å². The minimum absolute atomic E-state index is 0.262. The molecule has 21 heavy (non-hydrogen) atoms. The van der Waals surface area contributed by atoms with Gasteiger partial charge in [0.1, 0.15) is 11.6 Å². The second kappa shape index (κ2) is 7.22. The predicted octanol–water partition coefficient (Wildman–Crippen LogP) is 4.00. The number of methoxy groups -OCH3 is 1. The highest BCUT2D eigenvalue weighted by Gasteiger charge is 2.16. The molecule has 1 unspecified atom stereocenters. The summed E-state index contributed by atoms with van der Waals surface area (Å²) in [7, 11) is 1.59. The van der Waals surface area contributed by atoms with E-state index in [1.54, 1.807) is 19.2 Å². The first kappa shape index (κ1) is 16.2. The van der Waals surface area contributed by atoms with Crippen LogP contribution in [0.3, 0.4) is 0 Å². The predicted molar refractivity (Wildman–Crippen MR) is 85.9 cm³/mol. The highest BCUT2D eigenvalue weighted by Crippen LogP contribution is 2.30. The normalized spacial score (nSPS) is 12.2. The Labute approximate surface area is 136 Å². The van der Waals surface area contributed by atoms with Crippen molar-refractivity contribution in [2.75, 3.05) is 7.11 Å². The van der Waals surface area contributed by atoms with Crippen molar-refractivity contribution >= 4 is 27.5 Å². The van der Waals surface area contributed by atoms with Crippen LogP contribution in [-0.4, -0.2) is 7.11 Å². The zero-order valence-electron chi connectivity index (χ0n) is 11.4. The van der Waals surface area contributed by atoms with Gasteiger partial charge >= 0.3 is 0 Å². The number of ether oxygens (including phenoxy) is 1. The van der Waals surface area contributed by atoms with E-state index in [2.05, 4.69) is 21.4 Å². The second-order valence-electron chi connectivity index (χ2n) is 4.52. The third-order valence-electron chi connectivity index (χ3n) is 3.25. The molecule has 0 amide bonds. The smallest absolute Gasteiger partial charge is 0.133 e. The van der Waals surface area contributed by atoms with E-state index >= 15 is 0 Å². The Hall–Kier alpha value is -1.14. The number of halogens is 3. The molecule has 0 bridgehead atoms. The molecule has 2 rings (SSSR count). The number of nitrogens with one attached hydrogen (secondary N) is 1. The first-order valence-electron chi connectivity index (χ1n) is 6.29. The summed E-state index contributed by atoms with van der Waals surface area (Å²) in [6, 6.07) is 9.96. The van der Waals surface area contributed by atoms with Gasteiger partial charge in [-0.2, -0.15) is 0 Å². The van der Waals surface area contributed by atoms with Crippen LogP contribution >= 0.6 is 27.5 Å². The molecule has 0 saturated heterocycles. The molecule has 0 spiro atoms. The lowest BCUT2D eigenvalue weighted by Gasteiger charge is -2.18. The molecular weight excluding hydrogens is 359 g/mol. The van der Waals surface area contributed by atoms with Gasteiger partial charge in [0.15, 0.2) is 0 Å². The fraction of sp³-hybridized carbons (Fsp3) is 0.200. The average molecular weight is 374 g/mol. The summed E-state index contributed by atoms with van der Waals surface area (Å²) >= 11 is 9.48. The number of rotatable bonds is 5. The van der Waals surface area contributed by atoms with Crippen molar-refractivity contribution in [1.82, 2.24) is 5.43 Å². The fourth-order valence-electron chi connectivity index (χ4n) is 2.10. The lowest BCUT2D eigenvalue weighted by molar-refractivity contribution is 0.411. The first-order chi connectivity index (χ1) is 10.1. The molecular formula is C15H15BrClFN2O. The summed E-state index contributed by atoms with van der Waals surface area (Å²) in [5, 5.41) is 0.392. The molecule has 1 atom stereocenters. The fourth-order valence-corrected chi connectivity index (χ4v) is 2.90. The van der Waals surface area contributed by atoms with Crippen LogP contribution in [0.5, 0.6) is 5.75 Å². The van der Waals surface area contributed by atoms with E-state index in [-0.39, 0.29) is 11.9 Å². The summed E-state index contributed by atoms with van der Waals surface area (Å²) in [6.45, 7) is 0. The van der Waals surface area contributed by atoms with Gasteiger partial charge in [-0.05, 0) is 52.2 Å². The molecule has 3 N–H and O–H groups in total. The number of nitrogens with two attached hydrogens (primary N) is 1. The van der Waals surface area contributed by atoms with Crippen molar-refractivity contribution in [2.45, 2.75) is 12.5 Å². The van der Waals surface area contributed by atoms with Crippen LogP contribution < -0.4 is 16.0 Å². The summed E-state index contributed by atoms with van der Waals surface area (Å²) in [4.78, 5) is 0. The molecule has 2 aromatic carbocycles. The Morgan fingerprint density at radius 1 is 1.38 bits per heavy atom. The number of hydrazine groups is 1. The maximum atomic E-state index is 13.9. The minimum atomic E-state index is -0.338. The molecule has 0 radical (unpaired) electrons. The van der Waals surface area contributed by atoms with Crippen molar-refractivity contribution in [3.05, 3.63) is 62.8 Å². The largest absolute Gasteiger partial charge is 0.496 e. The van der Waals surface area contributed by atoms with E-state index in [1.165, 1.54) is 6.07 Å². The topological polar surface area (TPSA) is 47.3 Å². The summed E-state index contributed by atoms with van der Waals surface area (Å²) in [5.74, 6) is 5.99. The summed E-state index contributed by atoms with van der Waals surface area (Å²) < 4.78 is 19.9. The van der Waals surface area contributed by atoms with Gasteiger partial charge in [0.25, 0.3) is 0 Å². The van der Waals surface area contributed by atoms with Gasteiger partial charge in [-0.1, -0.05) is 23.7 Å². The molecule has 6 heteroatoms. The van der Waals surface area contributed by atoms with Gasteiger partial charge in [-0.25, -0.2) is 4.39 Å². The highest BCUT2D eigenvalue weighted by atomic mass is 79.9. The van der Waals surface area contributed by atoms with E-state index in [1.807, 2.05) is 18.2 Å². The van der Waals surface area contributed by atoms with Crippen LogP contribution in [0.15, 0.2) is 40.9 Å². The number of hydrogen-bond donors (Lipinski definition) is 2. The maximum Gasteiger partial charge on any atom is 0.133 e. The van der Waals surface area contributed by atoms with Crippen LogP contribution in [-0.2, 0) is 6.42 Å². The quantitative estimate of drug-likeness (QED) is 0.615. The lowest BCUT2D eigenvalue weighted by Crippen LogP contribution is -2.30. The Balaban J connectivity index is 2.30. The van der Waals surface area contributed by atoms with E-state index < -0.39 is 0 Å². The van der Waals surface area contributed by atoms with Crippen molar-refractivity contribution in [2.24, 2.45) is 5.84 Å². The van der Waals surface area contributed by atoms with Gasteiger partial charge in [-0.15, -0.1) is 0 Å². The number of benzene rings is 2. The third-order valence-corrected chi connectivity index (χ3v) is 4.22. The van der Waals surface area contributed by atoms with Crippen LogP contribution in [0.1, 0.15) is 17.2 Å². The molecule has 0 aliphatic rings. The molecule has 0 fully saturated rings. The first-order valence-corrected chi connectivity index (χ1v) is 7.46. The van der Waals surface area contributed by atoms with Gasteiger partial charge in [-0.3, -0.25) is 11.3 Å². The Bertz CT molecular complexity index is 619. The van der Waals surface area contributed by atoms with Gasteiger partial charge < -0.3 is 4.74 Å². The molecule has 112 valence electrons. The Kier molecular flexibility index (Phi) is 5.58. The third kappa shape index (κ3) is 3.74. The van der Waals surface area contributed by atoms with E-state index in [0.29, 0.717) is 17.0 Å². The van der Waals surface area contributed by atoms with Crippen molar-refractivity contribution in [3.8, 4) is 5.75 Å². The average Bonchev–Trinajstić information content (AvgIpc) is 2.47. The highest BCUT2D eigenvalue weighted by molar-refractivity contribution is 9.10. The second-order valence-corrected chi connectivity index (χ2v) is 5.78. The van der Waals surface area contributed by atoms with Crippen molar-refractivity contribution in [3.63, 3.8) is 0 Å². The lowest BCUT2D eigenvalue weighted by atomic mass is 9.99. The zero-order valence-corrected chi connectivity index (χ0v) is 13.7. The van der Waals surface area contributed by atoms with Crippen LogP contribution in [0.2, 0.25) is 5.02 Å². The van der Waals surface area contributed by atoms with E-state index in [9.17, 15) is 4.39 Å². The molecule has 2 aromatic rings. The van der Waals surface area contributed by atoms with Crippen molar-refractivity contribution in [1.29, 1.82) is 0 Å². The SMILES string of the molecule is COc1ccc(C(Cc2c(F)cccc2Cl)NN)cc1Br. The molecule has 0 saturated carbocycles. The minimum Gasteiger partial charge on any atom is -0.496 e. The van der Waals surface area contributed by atoms with Crippen LogP contribution in [0.4, 0.5) is 4.39 Å². The molecule has 0 heterocycles. The molecule has 3 nitrogen and oxygen atoms in total. The Morgan fingerprint density at radius 3 is 2.71 bits per heavy atom. The van der Waals surface area contributed by atoms with Gasteiger partial charge in [0, 0.05) is 10.6 Å². The number of hydrogen-bond acceptors (Lipinski definition) is 3. The van der Waals surface area contributed by atoms with Crippen LogP contribution in [0, 0.1) is 5.82 Å². The van der Waals surface area contributed by atoms with Gasteiger partial charge in [0.05, 0.1) is 17.6 Å². The molecule has 0 aromatic heterocycles. The maximum absolute atomic E-state index is 13.9. The monoisotopic (exact) mass is 372 g/mol. The van der Waals surface area contributed by atoms with E-state index in [0.717, 1.165) is 15.8 Å². The van der Waals surface area contributed by atoms with Crippen molar-refractivity contribution < 1.29 is 9.13 Å². The molecule has 0 aliphatic carbocycles. The van der Waals surface area contributed by atoms with Crippen LogP contribution in [0.25, 0.3) is 0 Å². The summed E-state index contributed by atoms with van der Waals surface area (Å²) in [5.41, 5.74) is 4.04. The standard InChI is InChI=1S/C15H15BrClFN2O/c1-21-15-6-5-9(7-11(15)16)14(20-19)8-10-12(17)3-2-4-13(10)18/h2-7,14,20H,8,19H2,1H3. The van der Waals surface area contributed by atoms with E-state index in [4.69, 9.17) is 22.2 Å². The Morgan fingerprint density at radius 2 is 2.14 bits per heavy atom.